The zero-order valence-corrected chi connectivity index (χ0v) is 10.4. The molecule has 1 aromatic carbocycles. The summed E-state index contributed by atoms with van der Waals surface area (Å²) in [5.74, 6) is 0.294. The van der Waals surface area contributed by atoms with E-state index >= 15 is 0 Å². The van der Waals surface area contributed by atoms with Gasteiger partial charge < -0.3 is 10.4 Å². The van der Waals surface area contributed by atoms with Crippen molar-refractivity contribution in [1.29, 1.82) is 0 Å². The molecule has 2 rings (SSSR count). The van der Waals surface area contributed by atoms with Crippen LogP contribution in [0.2, 0.25) is 4.34 Å². The van der Waals surface area contributed by atoms with Crippen LogP contribution < -0.4 is 5.32 Å². The van der Waals surface area contributed by atoms with Crippen LogP contribution in [0.1, 0.15) is 10.4 Å². The Morgan fingerprint density at radius 3 is 2.75 bits per heavy atom. The zero-order valence-electron chi connectivity index (χ0n) is 8.83. The molecule has 0 amide bonds. The van der Waals surface area contributed by atoms with Crippen LogP contribution in [0.4, 0.5) is 5.69 Å². The van der Waals surface area contributed by atoms with Gasteiger partial charge in [0.2, 0.25) is 0 Å². The third-order valence-corrected chi connectivity index (χ3v) is 3.52. The van der Waals surface area contributed by atoms with Gasteiger partial charge in [0.1, 0.15) is 5.75 Å². The van der Waals surface area contributed by atoms with Crippen molar-refractivity contribution in [3.63, 3.8) is 0 Å². The Kier molecular flexibility index (Phi) is 3.36. The van der Waals surface area contributed by atoms with E-state index in [0.717, 1.165) is 22.1 Å². The second kappa shape index (κ2) is 4.76. The topological polar surface area (TPSA) is 32.3 Å². The third kappa shape index (κ3) is 2.68. The molecule has 16 heavy (non-hydrogen) atoms. The van der Waals surface area contributed by atoms with Gasteiger partial charge in [0.05, 0.1) is 4.34 Å². The molecule has 0 aliphatic carbocycles. The van der Waals surface area contributed by atoms with Crippen molar-refractivity contribution < 1.29 is 5.11 Å². The molecule has 2 aromatic rings. The minimum absolute atomic E-state index is 0.294. The van der Waals surface area contributed by atoms with Crippen LogP contribution in [-0.4, -0.2) is 5.11 Å². The Hall–Kier alpha value is -1.19. The SMILES string of the molecule is Cc1cc(O)ccc1NCc1ccc(Cl)s1. The highest BCUT2D eigenvalue weighted by Crippen LogP contribution is 2.24. The van der Waals surface area contributed by atoms with Gasteiger partial charge >= 0.3 is 0 Å². The first-order chi connectivity index (χ1) is 7.65. The maximum Gasteiger partial charge on any atom is 0.115 e. The number of phenolic OH excluding ortho intramolecular Hbond substituents is 1. The first-order valence-corrected chi connectivity index (χ1v) is 6.12. The van der Waals surface area contributed by atoms with Crippen molar-refractivity contribution >= 4 is 28.6 Å². The number of benzene rings is 1. The molecule has 2 N–H and O–H groups in total. The van der Waals surface area contributed by atoms with Crippen LogP contribution in [0.25, 0.3) is 0 Å². The molecule has 0 aliphatic rings. The van der Waals surface area contributed by atoms with Gasteiger partial charge in [-0.3, -0.25) is 0 Å². The van der Waals surface area contributed by atoms with Gasteiger partial charge in [-0.1, -0.05) is 11.6 Å². The number of thiophene rings is 1. The van der Waals surface area contributed by atoms with Crippen LogP contribution in [0.5, 0.6) is 5.75 Å². The highest BCUT2D eigenvalue weighted by molar-refractivity contribution is 7.16. The lowest BCUT2D eigenvalue weighted by atomic mass is 10.2. The first-order valence-electron chi connectivity index (χ1n) is 4.93. The number of rotatable bonds is 3. The van der Waals surface area contributed by atoms with Gasteiger partial charge in [0.15, 0.2) is 0 Å². The van der Waals surface area contributed by atoms with E-state index in [9.17, 15) is 5.11 Å². The van der Waals surface area contributed by atoms with Crippen LogP contribution in [0.15, 0.2) is 30.3 Å². The summed E-state index contributed by atoms with van der Waals surface area (Å²) in [6.07, 6.45) is 0. The van der Waals surface area contributed by atoms with E-state index in [2.05, 4.69) is 5.32 Å². The molecule has 0 bridgehead atoms. The van der Waals surface area contributed by atoms with Gasteiger partial charge in [-0.25, -0.2) is 0 Å². The molecule has 0 spiro atoms. The lowest BCUT2D eigenvalue weighted by Gasteiger charge is -2.08. The van der Waals surface area contributed by atoms with Crippen molar-refractivity contribution in [3.8, 4) is 5.75 Å². The standard InChI is InChI=1S/C12H12ClNOS/c1-8-6-9(15)2-4-11(8)14-7-10-3-5-12(13)16-10/h2-6,14-15H,7H2,1H3. The molecule has 84 valence electrons. The second-order valence-corrected chi connectivity index (χ2v) is 5.36. The Labute approximate surface area is 104 Å². The fraction of sp³-hybridized carbons (Fsp3) is 0.167. The number of aromatic hydroxyl groups is 1. The van der Waals surface area contributed by atoms with E-state index in [0.29, 0.717) is 5.75 Å². The predicted molar refractivity (Wildman–Crippen MR) is 69.5 cm³/mol. The van der Waals surface area contributed by atoms with E-state index in [1.54, 1.807) is 23.5 Å². The molecule has 4 heteroatoms. The van der Waals surface area contributed by atoms with Gasteiger partial charge in [-0.2, -0.15) is 0 Å². The fourth-order valence-corrected chi connectivity index (χ4v) is 2.50. The zero-order chi connectivity index (χ0) is 11.5. The Bertz CT molecular complexity index is 496. The molecule has 0 saturated heterocycles. The molecular weight excluding hydrogens is 242 g/mol. The number of halogens is 1. The maximum atomic E-state index is 9.28. The summed E-state index contributed by atoms with van der Waals surface area (Å²) in [6, 6.07) is 9.20. The number of nitrogens with one attached hydrogen (secondary N) is 1. The van der Waals surface area contributed by atoms with Crippen molar-refractivity contribution in [1.82, 2.24) is 0 Å². The number of hydrogen-bond donors (Lipinski definition) is 2. The van der Waals surface area contributed by atoms with Gasteiger partial charge in [0, 0.05) is 17.1 Å². The molecule has 0 aliphatic heterocycles. The highest BCUT2D eigenvalue weighted by atomic mass is 35.5. The summed E-state index contributed by atoms with van der Waals surface area (Å²) in [5, 5.41) is 12.6. The second-order valence-electron chi connectivity index (χ2n) is 3.56. The Morgan fingerprint density at radius 2 is 2.12 bits per heavy atom. The highest BCUT2D eigenvalue weighted by Gasteiger charge is 2.01. The molecule has 0 atom stereocenters. The summed E-state index contributed by atoms with van der Waals surface area (Å²) in [7, 11) is 0. The van der Waals surface area contributed by atoms with Gasteiger partial charge in [-0.05, 0) is 42.8 Å². The van der Waals surface area contributed by atoms with E-state index in [-0.39, 0.29) is 0 Å². The average molecular weight is 254 g/mol. The van der Waals surface area contributed by atoms with Crippen LogP contribution >= 0.6 is 22.9 Å². The number of anilines is 1. The monoisotopic (exact) mass is 253 g/mol. The normalized spacial score (nSPS) is 10.4. The molecule has 0 unspecified atom stereocenters. The molecule has 2 nitrogen and oxygen atoms in total. The van der Waals surface area contributed by atoms with Crippen molar-refractivity contribution in [2.75, 3.05) is 5.32 Å². The van der Waals surface area contributed by atoms with Gasteiger partial charge in [-0.15, -0.1) is 11.3 Å². The molecule has 0 fully saturated rings. The van der Waals surface area contributed by atoms with Crippen LogP contribution in [0.3, 0.4) is 0 Å². The smallest absolute Gasteiger partial charge is 0.115 e. The molecule has 0 saturated carbocycles. The summed E-state index contributed by atoms with van der Waals surface area (Å²) >= 11 is 7.42. The predicted octanol–water partition coefficient (Wildman–Crippen LogP) is 4.03. The third-order valence-electron chi connectivity index (χ3n) is 2.29. The number of aryl methyl sites for hydroxylation is 1. The van der Waals surface area contributed by atoms with Crippen molar-refractivity contribution in [3.05, 3.63) is 45.1 Å². The summed E-state index contributed by atoms with van der Waals surface area (Å²) in [4.78, 5) is 1.19. The average Bonchev–Trinajstić information content (AvgIpc) is 2.63. The summed E-state index contributed by atoms with van der Waals surface area (Å²) in [5.41, 5.74) is 2.06. The lowest BCUT2D eigenvalue weighted by molar-refractivity contribution is 0.475. The minimum atomic E-state index is 0.294. The Balaban J connectivity index is 2.04. The first kappa shape index (κ1) is 11.3. The Morgan fingerprint density at radius 1 is 1.31 bits per heavy atom. The van der Waals surface area contributed by atoms with Crippen LogP contribution in [0, 0.1) is 6.92 Å². The maximum absolute atomic E-state index is 9.28. The molecular formula is C12H12ClNOS. The summed E-state index contributed by atoms with van der Waals surface area (Å²) in [6.45, 7) is 2.71. The largest absolute Gasteiger partial charge is 0.508 e. The van der Waals surface area contributed by atoms with Gasteiger partial charge in [0.25, 0.3) is 0 Å². The minimum Gasteiger partial charge on any atom is -0.508 e. The van der Waals surface area contributed by atoms with E-state index in [4.69, 9.17) is 11.6 Å². The summed E-state index contributed by atoms with van der Waals surface area (Å²) < 4.78 is 0.805. The van der Waals surface area contributed by atoms with Crippen molar-refractivity contribution in [2.45, 2.75) is 13.5 Å². The van der Waals surface area contributed by atoms with E-state index in [1.807, 2.05) is 25.1 Å². The van der Waals surface area contributed by atoms with Crippen LogP contribution in [-0.2, 0) is 6.54 Å². The molecule has 1 heterocycles. The van der Waals surface area contributed by atoms with E-state index in [1.165, 1.54) is 4.88 Å². The number of hydrogen-bond acceptors (Lipinski definition) is 3. The number of phenols is 1. The molecule has 0 radical (unpaired) electrons. The lowest BCUT2D eigenvalue weighted by Crippen LogP contribution is -1.98. The molecule has 1 aromatic heterocycles. The quantitative estimate of drug-likeness (QED) is 0.810. The van der Waals surface area contributed by atoms with Crippen molar-refractivity contribution in [2.24, 2.45) is 0 Å². The fourth-order valence-electron chi connectivity index (χ4n) is 1.48. The van der Waals surface area contributed by atoms with E-state index < -0.39 is 0 Å².